The fraction of sp³-hybridized carbons (Fsp3) is 0.400. The molecule has 1 aromatic heterocycles. The first-order chi connectivity index (χ1) is 6.15. The lowest BCUT2D eigenvalue weighted by Crippen LogP contribution is -2.08. The molecule has 0 aliphatic rings. The van der Waals surface area contributed by atoms with Crippen molar-refractivity contribution in [3.05, 3.63) is 29.1 Å². The second kappa shape index (κ2) is 4.03. The van der Waals surface area contributed by atoms with Gasteiger partial charge in [-0.25, -0.2) is 4.79 Å². The van der Waals surface area contributed by atoms with Crippen LogP contribution in [0, 0.1) is 13.8 Å². The van der Waals surface area contributed by atoms with Crippen LogP contribution in [0.5, 0.6) is 0 Å². The Kier molecular flexibility index (Phi) is 3.01. The molecule has 1 aromatic rings. The summed E-state index contributed by atoms with van der Waals surface area (Å²) in [6.07, 6.45) is 1.73. The van der Waals surface area contributed by atoms with Crippen molar-refractivity contribution in [3.8, 4) is 0 Å². The zero-order valence-corrected chi connectivity index (χ0v) is 8.13. The second-order valence-electron chi connectivity index (χ2n) is 2.87. The third-order valence-corrected chi connectivity index (χ3v) is 1.72. The minimum absolute atomic E-state index is 0.295. The standard InChI is InChI=1S/C10H13NO2/c1-4-13-10(12)9-5-7(2)6-11-8(9)3/h5-6H,4H2,1-3H3. The number of aryl methyl sites for hydroxylation is 2. The summed E-state index contributed by atoms with van der Waals surface area (Å²) in [7, 11) is 0. The number of aromatic nitrogens is 1. The number of hydrogen-bond donors (Lipinski definition) is 0. The van der Waals surface area contributed by atoms with Crippen LogP contribution in [0.4, 0.5) is 0 Å². The van der Waals surface area contributed by atoms with Gasteiger partial charge in [0, 0.05) is 6.20 Å². The Labute approximate surface area is 77.8 Å². The predicted octanol–water partition coefficient (Wildman–Crippen LogP) is 1.88. The van der Waals surface area contributed by atoms with Crippen molar-refractivity contribution in [2.75, 3.05) is 6.61 Å². The lowest BCUT2D eigenvalue weighted by molar-refractivity contribution is 0.0525. The molecular formula is C10H13NO2. The highest BCUT2D eigenvalue weighted by Gasteiger charge is 2.10. The van der Waals surface area contributed by atoms with Gasteiger partial charge in [-0.3, -0.25) is 4.98 Å². The van der Waals surface area contributed by atoms with Crippen LogP contribution in [0.25, 0.3) is 0 Å². The van der Waals surface area contributed by atoms with E-state index in [0.29, 0.717) is 17.9 Å². The van der Waals surface area contributed by atoms with Crippen molar-refractivity contribution in [2.24, 2.45) is 0 Å². The molecule has 0 unspecified atom stereocenters. The smallest absolute Gasteiger partial charge is 0.339 e. The maximum absolute atomic E-state index is 11.4. The third kappa shape index (κ3) is 2.28. The van der Waals surface area contributed by atoms with Crippen LogP contribution in [-0.2, 0) is 4.74 Å². The summed E-state index contributed by atoms with van der Waals surface area (Å²) in [6.45, 7) is 5.88. The molecule has 13 heavy (non-hydrogen) atoms. The SMILES string of the molecule is CCOC(=O)c1cc(C)cnc1C. The Bertz CT molecular complexity index is 321. The Morgan fingerprint density at radius 1 is 1.54 bits per heavy atom. The highest BCUT2D eigenvalue weighted by molar-refractivity contribution is 5.90. The van der Waals surface area contributed by atoms with Gasteiger partial charge in [0.1, 0.15) is 0 Å². The molecule has 1 heterocycles. The average Bonchev–Trinajstić information content (AvgIpc) is 2.09. The topological polar surface area (TPSA) is 39.2 Å². The van der Waals surface area contributed by atoms with Crippen molar-refractivity contribution < 1.29 is 9.53 Å². The summed E-state index contributed by atoms with van der Waals surface area (Å²) >= 11 is 0. The van der Waals surface area contributed by atoms with Crippen molar-refractivity contribution in [1.29, 1.82) is 0 Å². The van der Waals surface area contributed by atoms with E-state index >= 15 is 0 Å². The maximum atomic E-state index is 11.4. The molecule has 0 aliphatic carbocycles. The fourth-order valence-electron chi connectivity index (χ4n) is 1.05. The number of esters is 1. The van der Waals surface area contributed by atoms with Gasteiger partial charge >= 0.3 is 5.97 Å². The highest BCUT2D eigenvalue weighted by atomic mass is 16.5. The van der Waals surface area contributed by atoms with E-state index in [1.165, 1.54) is 0 Å². The molecule has 0 amide bonds. The molecular weight excluding hydrogens is 166 g/mol. The van der Waals surface area contributed by atoms with Gasteiger partial charge in [0.15, 0.2) is 0 Å². The molecule has 0 saturated carbocycles. The molecule has 0 aliphatic heterocycles. The monoisotopic (exact) mass is 179 g/mol. The van der Waals surface area contributed by atoms with Crippen molar-refractivity contribution in [2.45, 2.75) is 20.8 Å². The summed E-state index contributed by atoms with van der Waals surface area (Å²) in [5, 5.41) is 0. The van der Waals surface area contributed by atoms with E-state index in [1.807, 2.05) is 6.92 Å². The van der Waals surface area contributed by atoms with Gasteiger partial charge in [0.2, 0.25) is 0 Å². The van der Waals surface area contributed by atoms with Crippen molar-refractivity contribution in [1.82, 2.24) is 4.98 Å². The first-order valence-electron chi connectivity index (χ1n) is 4.25. The van der Waals surface area contributed by atoms with Crippen LogP contribution in [0.3, 0.4) is 0 Å². The van der Waals surface area contributed by atoms with Crippen LogP contribution in [0.2, 0.25) is 0 Å². The normalized spacial score (nSPS) is 9.77. The molecule has 1 rings (SSSR count). The predicted molar refractivity (Wildman–Crippen MR) is 49.7 cm³/mol. The summed E-state index contributed by atoms with van der Waals surface area (Å²) in [6, 6.07) is 1.79. The zero-order chi connectivity index (χ0) is 9.84. The molecule has 70 valence electrons. The summed E-state index contributed by atoms with van der Waals surface area (Å²) in [5.41, 5.74) is 2.24. The van der Waals surface area contributed by atoms with Gasteiger partial charge in [-0.15, -0.1) is 0 Å². The van der Waals surface area contributed by atoms with E-state index in [2.05, 4.69) is 4.98 Å². The van der Waals surface area contributed by atoms with Crippen LogP contribution < -0.4 is 0 Å². The van der Waals surface area contributed by atoms with Crippen molar-refractivity contribution >= 4 is 5.97 Å². The molecule has 0 saturated heterocycles. The van der Waals surface area contributed by atoms with Crippen LogP contribution >= 0.6 is 0 Å². The average molecular weight is 179 g/mol. The lowest BCUT2D eigenvalue weighted by atomic mass is 10.1. The second-order valence-corrected chi connectivity index (χ2v) is 2.87. The number of carbonyl (C=O) groups is 1. The number of pyridine rings is 1. The fourth-order valence-corrected chi connectivity index (χ4v) is 1.05. The Morgan fingerprint density at radius 3 is 2.85 bits per heavy atom. The number of rotatable bonds is 2. The molecule has 0 N–H and O–H groups in total. The van der Waals surface area contributed by atoms with E-state index in [-0.39, 0.29) is 5.97 Å². The Balaban J connectivity index is 2.99. The lowest BCUT2D eigenvalue weighted by Gasteiger charge is -2.04. The minimum atomic E-state index is -0.295. The Morgan fingerprint density at radius 2 is 2.23 bits per heavy atom. The number of ether oxygens (including phenoxy) is 1. The van der Waals surface area contributed by atoms with E-state index in [0.717, 1.165) is 5.56 Å². The first kappa shape index (κ1) is 9.71. The molecule has 3 nitrogen and oxygen atoms in total. The number of hydrogen-bond acceptors (Lipinski definition) is 3. The van der Waals surface area contributed by atoms with Gasteiger partial charge in [-0.05, 0) is 32.4 Å². The molecule has 0 bridgehead atoms. The quantitative estimate of drug-likeness (QED) is 0.650. The van der Waals surface area contributed by atoms with Crippen LogP contribution in [-0.4, -0.2) is 17.6 Å². The summed E-state index contributed by atoms with van der Waals surface area (Å²) < 4.78 is 4.88. The first-order valence-corrected chi connectivity index (χ1v) is 4.25. The minimum Gasteiger partial charge on any atom is -0.462 e. The molecule has 0 fully saturated rings. The molecule has 0 radical (unpaired) electrons. The van der Waals surface area contributed by atoms with Gasteiger partial charge in [-0.2, -0.15) is 0 Å². The van der Waals surface area contributed by atoms with Gasteiger partial charge in [0.25, 0.3) is 0 Å². The van der Waals surface area contributed by atoms with Crippen molar-refractivity contribution in [3.63, 3.8) is 0 Å². The Hall–Kier alpha value is -1.38. The van der Waals surface area contributed by atoms with Crippen LogP contribution in [0.1, 0.15) is 28.5 Å². The third-order valence-electron chi connectivity index (χ3n) is 1.72. The zero-order valence-electron chi connectivity index (χ0n) is 8.13. The van der Waals surface area contributed by atoms with E-state index < -0.39 is 0 Å². The van der Waals surface area contributed by atoms with E-state index in [4.69, 9.17) is 4.74 Å². The number of carbonyl (C=O) groups excluding carboxylic acids is 1. The van der Waals surface area contributed by atoms with Crippen LogP contribution in [0.15, 0.2) is 12.3 Å². The van der Waals surface area contributed by atoms with Gasteiger partial charge in [0.05, 0.1) is 17.9 Å². The highest BCUT2D eigenvalue weighted by Crippen LogP contribution is 2.08. The van der Waals surface area contributed by atoms with E-state index in [9.17, 15) is 4.79 Å². The van der Waals surface area contributed by atoms with Gasteiger partial charge in [-0.1, -0.05) is 0 Å². The van der Waals surface area contributed by atoms with Gasteiger partial charge < -0.3 is 4.74 Å². The summed E-state index contributed by atoms with van der Waals surface area (Å²) in [5.74, 6) is -0.295. The maximum Gasteiger partial charge on any atom is 0.339 e. The largest absolute Gasteiger partial charge is 0.462 e. The molecule has 3 heteroatoms. The molecule has 0 aromatic carbocycles. The number of nitrogens with zero attached hydrogens (tertiary/aromatic N) is 1. The van der Waals surface area contributed by atoms with E-state index in [1.54, 1.807) is 26.1 Å². The molecule has 0 spiro atoms. The summed E-state index contributed by atoms with van der Waals surface area (Å²) in [4.78, 5) is 15.4. The molecule has 0 atom stereocenters.